The van der Waals surface area contributed by atoms with Crippen molar-refractivity contribution in [2.24, 2.45) is 0 Å². The average molecular weight is 299 g/mol. The second-order valence-electron chi connectivity index (χ2n) is 5.43. The molecule has 4 heteroatoms. The molecule has 114 valence electrons. The van der Waals surface area contributed by atoms with Gasteiger partial charge in [-0.2, -0.15) is 0 Å². The minimum atomic E-state index is -0.275. The topological polar surface area (TPSA) is 33.5 Å². The molecule has 1 aliphatic rings. The van der Waals surface area contributed by atoms with Gasteiger partial charge in [-0.05, 0) is 61.7 Å². The van der Waals surface area contributed by atoms with E-state index in [-0.39, 0.29) is 11.7 Å². The maximum atomic E-state index is 12.9. The van der Waals surface area contributed by atoms with Crippen molar-refractivity contribution >= 4 is 12.0 Å². The van der Waals surface area contributed by atoms with Crippen molar-refractivity contribution in [3.8, 4) is 11.3 Å². The average Bonchev–Trinajstić information content (AvgIpc) is 3.03. The molecule has 0 spiro atoms. The van der Waals surface area contributed by atoms with Gasteiger partial charge in [0.25, 0.3) is 0 Å². The van der Waals surface area contributed by atoms with E-state index in [1.54, 1.807) is 30.4 Å². The van der Waals surface area contributed by atoms with Gasteiger partial charge in [0.1, 0.15) is 17.3 Å². The number of rotatable bonds is 3. The number of hydrogen-bond acceptors (Lipinski definition) is 2. The molecule has 0 unspecified atom stereocenters. The smallest absolute Gasteiger partial charge is 0.246 e. The predicted molar refractivity (Wildman–Crippen MR) is 83.6 cm³/mol. The van der Waals surface area contributed by atoms with Crippen molar-refractivity contribution in [2.45, 2.75) is 19.3 Å². The molecule has 0 bridgehead atoms. The lowest BCUT2D eigenvalue weighted by Gasteiger charge is -2.25. The highest BCUT2D eigenvalue weighted by molar-refractivity contribution is 5.91. The van der Waals surface area contributed by atoms with Gasteiger partial charge in [-0.1, -0.05) is 0 Å². The predicted octanol–water partition coefficient (Wildman–Crippen LogP) is 4.11. The van der Waals surface area contributed by atoms with E-state index in [0.29, 0.717) is 11.5 Å². The minimum Gasteiger partial charge on any atom is -0.457 e. The Morgan fingerprint density at radius 3 is 2.50 bits per heavy atom. The van der Waals surface area contributed by atoms with Crippen molar-refractivity contribution in [3.05, 3.63) is 54.1 Å². The van der Waals surface area contributed by atoms with Crippen LogP contribution in [0.4, 0.5) is 4.39 Å². The maximum Gasteiger partial charge on any atom is 0.246 e. The van der Waals surface area contributed by atoms with E-state index in [0.717, 1.165) is 31.5 Å². The molecule has 1 aliphatic heterocycles. The van der Waals surface area contributed by atoms with Crippen LogP contribution in [0.1, 0.15) is 25.0 Å². The summed E-state index contributed by atoms with van der Waals surface area (Å²) in [5, 5.41) is 0. The molecule has 2 aromatic rings. The molecule has 1 aromatic carbocycles. The van der Waals surface area contributed by atoms with Crippen molar-refractivity contribution < 1.29 is 13.6 Å². The molecule has 0 radical (unpaired) electrons. The number of carbonyl (C=O) groups is 1. The van der Waals surface area contributed by atoms with Crippen molar-refractivity contribution in [2.75, 3.05) is 13.1 Å². The minimum absolute atomic E-state index is 0.0273. The fraction of sp³-hybridized carbons (Fsp3) is 0.278. The highest BCUT2D eigenvalue weighted by Crippen LogP contribution is 2.23. The quantitative estimate of drug-likeness (QED) is 0.799. The fourth-order valence-corrected chi connectivity index (χ4v) is 2.58. The number of hydrogen-bond donors (Lipinski definition) is 0. The van der Waals surface area contributed by atoms with E-state index in [9.17, 15) is 9.18 Å². The summed E-state index contributed by atoms with van der Waals surface area (Å²) in [6.45, 7) is 1.67. The highest BCUT2D eigenvalue weighted by atomic mass is 19.1. The van der Waals surface area contributed by atoms with E-state index in [2.05, 4.69) is 0 Å². The van der Waals surface area contributed by atoms with Gasteiger partial charge in [-0.3, -0.25) is 4.79 Å². The molecule has 0 atom stereocenters. The Labute approximate surface area is 129 Å². The van der Waals surface area contributed by atoms with E-state index < -0.39 is 0 Å². The van der Waals surface area contributed by atoms with Gasteiger partial charge in [0.15, 0.2) is 0 Å². The van der Waals surface area contributed by atoms with E-state index >= 15 is 0 Å². The van der Waals surface area contributed by atoms with Crippen LogP contribution in [0.3, 0.4) is 0 Å². The van der Waals surface area contributed by atoms with Gasteiger partial charge in [0, 0.05) is 24.7 Å². The first kappa shape index (κ1) is 14.6. The van der Waals surface area contributed by atoms with E-state index in [1.165, 1.54) is 18.6 Å². The molecular formula is C18H18FNO2. The first-order valence-electron chi connectivity index (χ1n) is 7.55. The molecule has 0 aliphatic carbocycles. The van der Waals surface area contributed by atoms with Gasteiger partial charge < -0.3 is 9.32 Å². The van der Waals surface area contributed by atoms with Crippen LogP contribution in [0.15, 0.2) is 46.9 Å². The van der Waals surface area contributed by atoms with Crippen molar-refractivity contribution in [1.82, 2.24) is 4.90 Å². The SMILES string of the molecule is O=C(C=Cc1ccc(-c2ccc(F)cc2)o1)N1CCCCC1. The van der Waals surface area contributed by atoms with Crippen LogP contribution in [0, 0.1) is 5.82 Å². The lowest BCUT2D eigenvalue weighted by atomic mass is 10.1. The lowest BCUT2D eigenvalue weighted by Crippen LogP contribution is -2.34. The summed E-state index contributed by atoms with van der Waals surface area (Å²) < 4.78 is 18.6. The summed E-state index contributed by atoms with van der Waals surface area (Å²) in [6.07, 6.45) is 6.60. The third kappa shape index (κ3) is 3.45. The summed E-state index contributed by atoms with van der Waals surface area (Å²) in [6, 6.07) is 9.75. The second-order valence-corrected chi connectivity index (χ2v) is 5.43. The molecule has 1 amide bonds. The summed E-state index contributed by atoms with van der Waals surface area (Å²) in [7, 11) is 0. The van der Waals surface area contributed by atoms with E-state index in [4.69, 9.17) is 4.42 Å². The second kappa shape index (κ2) is 6.60. The first-order valence-corrected chi connectivity index (χ1v) is 7.55. The summed E-state index contributed by atoms with van der Waals surface area (Å²) in [4.78, 5) is 13.9. The maximum absolute atomic E-state index is 12.9. The molecule has 3 nitrogen and oxygen atoms in total. The van der Waals surface area contributed by atoms with Gasteiger partial charge in [-0.15, -0.1) is 0 Å². The zero-order valence-electron chi connectivity index (χ0n) is 12.3. The van der Waals surface area contributed by atoms with Crippen LogP contribution in [0.25, 0.3) is 17.4 Å². The highest BCUT2D eigenvalue weighted by Gasteiger charge is 2.13. The van der Waals surface area contributed by atoms with Crippen LogP contribution in [-0.4, -0.2) is 23.9 Å². The lowest BCUT2D eigenvalue weighted by molar-refractivity contribution is -0.126. The monoisotopic (exact) mass is 299 g/mol. The van der Waals surface area contributed by atoms with Gasteiger partial charge in [-0.25, -0.2) is 4.39 Å². The fourth-order valence-electron chi connectivity index (χ4n) is 2.58. The first-order chi connectivity index (χ1) is 10.7. The zero-order chi connectivity index (χ0) is 15.4. The Bertz CT molecular complexity index is 667. The van der Waals surface area contributed by atoms with Crippen LogP contribution in [-0.2, 0) is 4.79 Å². The summed E-state index contributed by atoms with van der Waals surface area (Å²) in [5.41, 5.74) is 0.809. The van der Waals surface area contributed by atoms with Crippen LogP contribution < -0.4 is 0 Å². The van der Waals surface area contributed by atoms with Crippen LogP contribution in [0.2, 0.25) is 0 Å². The van der Waals surface area contributed by atoms with Crippen LogP contribution in [0.5, 0.6) is 0 Å². The largest absolute Gasteiger partial charge is 0.457 e. The summed E-state index contributed by atoms with van der Waals surface area (Å²) >= 11 is 0. The molecule has 1 aromatic heterocycles. The summed E-state index contributed by atoms with van der Waals surface area (Å²) in [5.74, 6) is 1.02. The Kier molecular flexibility index (Phi) is 4.37. The standard InChI is InChI=1S/C18H18FNO2/c19-15-6-4-14(5-7-15)17-10-8-16(22-17)9-11-18(21)20-12-2-1-3-13-20/h4-11H,1-3,12-13H2. The van der Waals surface area contributed by atoms with Crippen molar-refractivity contribution in [1.29, 1.82) is 0 Å². The number of carbonyl (C=O) groups excluding carboxylic acids is 1. The van der Waals surface area contributed by atoms with Crippen molar-refractivity contribution in [3.63, 3.8) is 0 Å². The third-order valence-corrected chi connectivity index (χ3v) is 3.81. The number of benzene rings is 1. The number of amides is 1. The molecule has 2 heterocycles. The molecule has 3 rings (SSSR count). The Morgan fingerprint density at radius 2 is 1.77 bits per heavy atom. The number of halogens is 1. The Hall–Kier alpha value is -2.36. The molecular weight excluding hydrogens is 281 g/mol. The normalized spacial score (nSPS) is 15.4. The van der Waals surface area contributed by atoms with Crippen LogP contribution >= 0.6 is 0 Å². The van der Waals surface area contributed by atoms with Gasteiger partial charge in [0.2, 0.25) is 5.91 Å². The van der Waals surface area contributed by atoms with E-state index in [1.807, 2.05) is 11.0 Å². The molecule has 0 saturated carbocycles. The molecule has 1 fully saturated rings. The number of nitrogens with zero attached hydrogens (tertiary/aromatic N) is 1. The molecule has 22 heavy (non-hydrogen) atoms. The number of likely N-dealkylation sites (tertiary alicyclic amines) is 1. The Morgan fingerprint density at radius 1 is 1.05 bits per heavy atom. The van der Waals surface area contributed by atoms with Gasteiger partial charge >= 0.3 is 0 Å². The number of furan rings is 1. The Balaban J connectivity index is 1.67. The zero-order valence-corrected chi connectivity index (χ0v) is 12.3. The molecule has 1 saturated heterocycles. The number of piperidine rings is 1. The molecule has 0 N–H and O–H groups in total. The van der Waals surface area contributed by atoms with Gasteiger partial charge in [0.05, 0.1) is 0 Å². The third-order valence-electron chi connectivity index (χ3n) is 3.81.